The van der Waals surface area contributed by atoms with Crippen LogP contribution in [0.5, 0.6) is 0 Å². The Balaban J connectivity index is 1.64. The van der Waals surface area contributed by atoms with Crippen LogP contribution in [0.2, 0.25) is 5.02 Å². The van der Waals surface area contributed by atoms with E-state index in [0.29, 0.717) is 13.2 Å². The molecule has 0 amide bonds. The minimum atomic E-state index is -0.547. The zero-order valence-corrected chi connectivity index (χ0v) is 12.9. The predicted octanol–water partition coefficient (Wildman–Crippen LogP) is 2.87. The Morgan fingerprint density at radius 3 is 2.86 bits per heavy atom. The van der Waals surface area contributed by atoms with Gasteiger partial charge in [0.15, 0.2) is 5.79 Å². The van der Waals surface area contributed by atoms with Crippen molar-refractivity contribution in [2.45, 2.75) is 50.5 Å². The Bertz CT molecular complexity index is 559. The highest BCUT2D eigenvalue weighted by molar-refractivity contribution is 6.30. The second-order valence-electron chi connectivity index (χ2n) is 6.32. The van der Waals surface area contributed by atoms with Gasteiger partial charge in [0, 0.05) is 5.02 Å². The molecule has 0 aliphatic carbocycles. The summed E-state index contributed by atoms with van der Waals surface area (Å²) in [5.74, 6) is -0.547. The molecule has 0 saturated carbocycles. The van der Waals surface area contributed by atoms with Crippen LogP contribution in [0.4, 0.5) is 0 Å². The van der Waals surface area contributed by atoms with Crippen LogP contribution in [0.3, 0.4) is 0 Å². The number of fused-ring (bicyclic) bond motifs is 2. The van der Waals surface area contributed by atoms with Gasteiger partial charge in [-0.3, -0.25) is 0 Å². The summed E-state index contributed by atoms with van der Waals surface area (Å²) in [4.78, 5) is 0. The molecule has 1 aromatic carbocycles. The van der Waals surface area contributed by atoms with Crippen LogP contribution < -0.4 is 0 Å². The monoisotopic (exact) mass is 310 g/mol. The van der Waals surface area contributed by atoms with Gasteiger partial charge in [0.25, 0.3) is 0 Å². The lowest BCUT2D eigenvalue weighted by molar-refractivity contribution is -0.189. The van der Waals surface area contributed by atoms with Crippen molar-refractivity contribution in [2.75, 3.05) is 13.2 Å². The number of ether oxygens (including phenoxy) is 4. The fourth-order valence-corrected chi connectivity index (χ4v) is 3.75. The Hall–Kier alpha value is -0.650. The summed E-state index contributed by atoms with van der Waals surface area (Å²) in [7, 11) is 0. The van der Waals surface area contributed by atoms with Gasteiger partial charge in [-0.2, -0.15) is 0 Å². The zero-order chi connectivity index (χ0) is 14.6. The van der Waals surface area contributed by atoms with Crippen molar-refractivity contribution >= 4 is 11.6 Å². The Kier molecular flexibility index (Phi) is 3.28. The number of hydrogen-bond acceptors (Lipinski definition) is 4. The molecule has 1 aromatic rings. The lowest BCUT2D eigenvalue weighted by atomic mass is 9.92. The average Bonchev–Trinajstić information content (AvgIpc) is 2.92. The third-order valence-corrected chi connectivity index (χ3v) is 4.61. The number of hydrogen-bond donors (Lipinski definition) is 0. The summed E-state index contributed by atoms with van der Waals surface area (Å²) in [5, 5.41) is 0.765. The zero-order valence-electron chi connectivity index (χ0n) is 12.2. The molecule has 5 heteroatoms. The molecular weight excluding hydrogens is 292 g/mol. The average molecular weight is 311 g/mol. The predicted molar refractivity (Wildman–Crippen MR) is 77.4 cm³/mol. The van der Waals surface area contributed by atoms with Gasteiger partial charge in [-0.15, -0.1) is 0 Å². The first-order chi connectivity index (χ1) is 10.0. The molecule has 0 radical (unpaired) electrons. The molecule has 2 fully saturated rings. The fourth-order valence-electron chi connectivity index (χ4n) is 3.56. The molecule has 4 unspecified atom stereocenters. The lowest BCUT2D eigenvalue weighted by Crippen LogP contribution is -2.37. The normalized spacial score (nSPS) is 37.3. The van der Waals surface area contributed by atoms with E-state index in [1.165, 1.54) is 5.56 Å². The van der Waals surface area contributed by atoms with E-state index >= 15 is 0 Å². The molecule has 3 aliphatic heterocycles. The largest absolute Gasteiger partial charge is 0.370 e. The molecule has 0 bridgehead atoms. The van der Waals surface area contributed by atoms with E-state index in [0.717, 1.165) is 17.0 Å². The molecule has 0 spiro atoms. The molecule has 0 aromatic heterocycles. The molecule has 3 heterocycles. The van der Waals surface area contributed by atoms with Crippen LogP contribution in [0.15, 0.2) is 18.2 Å². The minimum Gasteiger partial charge on any atom is -0.370 e. The van der Waals surface area contributed by atoms with E-state index in [1.807, 2.05) is 32.0 Å². The molecule has 21 heavy (non-hydrogen) atoms. The second-order valence-corrected chi connectivity index (χ2v) is 6.76. The van der Waals surface area contributed by atoms with Gasteiger partial charge in [-0.05, 0) is 43.5 Å². The first kappa shape index (κ1) is 14.0. The number of benzene rings is 1. The first-order valence-electron chi connectivity index (χ1n) is 7.41. The third-order valence-electron chi connectivity index (χ3n) is 4.38. The third kappa shape index (κ3) is 2.39. The molecule has 114 valence electrons. The summed E-state index contributed by atoms with van der Waals surface area (Å²) in [6, 6.07) is 5.97. The molecule has 3 aliphatic rings. The maximum absolute atomic E-state index is 6.09. The van der Waals surface area contributed by atoms with Crippen LogP contribution in [0.25, 0.3) is 0 Å². The Morgan fingerprint density at radius 1 is 1.14 bits per heavy atom. The van der Waals surface area contributed by atoms with Gasteiger partial charge in [0.1, 0.15) is 24.4 Å². The highest BCUT2D eigenvalue weighted by Gasteiger charge is 2.53. The summed E-state index contributed by atoms with van der Waals surface area (Å²) in [5.41, 5.74) is 2.40. The van der Waals surface area contributed by atoms with Crippen molar-refractivity contribution in [3.63, 3.8) is 0 Å². The summed E-state index contributed by atoms with van der Waals surface area (Å²) >= 11 is 6.09. The maximum atomic E-state index is 6.09. The van der Waals surface area contributed by atoms with E-state index in [4.69, 9.17) is 30.5 Å². The van der Waals surface area contributed by atoms with Gasteiger partial charge < -0.3 is 18.9 Å². The number of rotatable bonds is 1. The lowest BCUT2D eigenvalue weighted by Gasteiger charge is -2.32. The number of halogens is 1. The van der Waals surface area contributed by atoms with Crippen molar-refractivity contribution < 1.29 is 18.9 Å². The van der Waals surface area contributed by atoms with E-state index in [9.17, 15) is 0 Å². The van der Waals surface area contributed by atoms with Crippen LogP contribution in [-0.2, 0) is 25.4 Å². The van der Waals surface area contributed by atoms with Gasteiger partial charge in [-0.1, -0.05) is 17.7 Å². The standard InChI is InChI=1S/C16H19ClO4/c1-16(2)20-12-8-19-15(14(12)21-16)13-11-4-3-10(17)7-9(11)5-6-18-13/h3-4,7,12-15H,5-6,8H2,1-2H3. The molecule has 4 rings (SSSR count). The minimum absolute atomic E-state index is 0.00808. The maximum Gasteiger partial charge on any atom is 0.164 e. The summed E-state index contributed by atoms with van der Waals surface area (Å²) < 4.78 is 23.8. The van der Waals surface area contributed by atoms with Crippen LogP contribution in [0, 0.1) is 0 Å². The topological polar surface area (TPSA) is 36.9 Å². The van der Waals surface area contributed by atoms with E-state index in [-0.39, 0.29) is 24.4 Å². The smallest absolute Gasteiger partial charge is 0.164 e. The Morgan fingerprint density at radius 2 is 2.00 bits per heavy atom. The fraction of sp³-hybridized carbons (Fsp3) is 0.625. The van der Waals surface area contributed by atoms with Crippen LogP contribution in [0.1, 0.15) is 31.1 Å². The highest BCUT2D eigenvalue weighted by atomic mass is 35.5. The SMILES string of the molecule is CC1(C)OC2COC(C3OCCc4cc(Cl)ccc43)C2O1. The van der Waals surface area contributed by atoms with Crippen molar-refractivity contribution in [3.8, 4) is 0 Å². The summed E-state index contributed by atoms with van der Waals surface area (Å²) in [6.07, 6.45) is 0.559. The van der Waals surface area contributed by atoms with Gasteiger partial charge in [0.05, 0.1) is 13.2 Å². The Labute approximate surface area is 129 Å². The highest BCUT2D eigenvalue weighted by Crippen LogP contribution is 2.42. The molecule has 4 nitrogen and oxygen atoms in total. The molecule has 4 atom stereocenters. The first-order valence-corrected chi connectivity index (χ1v) is 7.78. The van der Waals surface area contributed by atoms with Crippen molar-refractivity contribution in [3.05, 3.63) is 34.3 Å². The van der Waals surface area contributed by atoms with Gasteiger partial charge >= 0.3 is 0 Å². The molecule has 2 saturated heterocycles. The van der Waals surface area contributed by atoms with Crippen LogP contribution >= 0.6 is 11.6 Å². The quantitative estimate of drug-likeness (QED) is 0.799. The van der Waals surface area contributed by atoms with E-state index in [1.54, 1.807) is 0 Å². The van der Waals surface area contributed by atoms with Crippen LogP contribution in [-0.4, -0.2) is 37.3 Å². The summed E-state index contributed by atoms with van der Waals surface area (Å²) in [6.45, 7) is 5.12. The van der Waals surface area contributed by atoms with Gasteiger partial charge in [-0.25, -0.2) is 0 Å². The van der Waals surface area contributed by atoms with Crippen molar-refractivity contribution in [1.29, 1.82) is 0 Å². The van der Waals surface area contributed by atoms with E-state index in [2.05, 4.69) is 0 Å². The molecule has 0 N–H and O–H groups in total. The van der Waals surface area contributed by atoms with Crippen molar-refractivity contribution in [1.82, 2.24) is 0 Å². The van der Waals surface area contributed by atoms with E-state index < -0.39 is 5.79 Å². The van der Waals surface area contributed by atoms with Gasteiger partial charge in [0.2, 0.25) is 0 Å². The molecular formula is C16H19ClO4. The van der Waals surface area contributed by atoms with Crippen molar-refractivity contribution in [2.24, 2.45) is 0 Å². The second kappa shape index (κ2) is 4.93.